The number of nitrogens with one attached hydrogen (secondary N) is 1. The van der Waals surface area contributed by atoms with Gasteiger partial charge < -0.3 is 9.88 Å². The molecule has 0 fully saturated rings. The molecule has 0 radical (unpaired) electrons. The molecule has 0 amide bonds. The maximum absolute atomic E-state index is 13.1. The molecule has 0 atom stereocenters. The van der Waals surface area contributed by atoms with Gasteiger partial charge >= 0.3 is 0 Å². The summed E-state index contributed by atoms with van der Waals surface area (Å²) in [6.07, 6.45) is 4.39. The van der Waals surface area contributed by atoms with Crippen LogP contribution in [0.15, 0.2) is 47.9 Å². The third-order valence-electron chi connectivity index (χ3n) is 5.09. The van der Waals surface area contributed by atoms with E-state index in [-0.39, 0.29) is 5.83 Å². The summed E-state index contributed by atoms with van der Waals surface area (Å²) < 4.78 is 15.3. The SMILES string of the molecule is CCN(CC)Cc1ccc2c(c1)cc(C#CNC1=CC=C(F)CC1)n2CC. The second kappa shape index (κ2) is 8.92. The van der Waals surface area contributed by atoms with Crippen molar-refractivity contribution in [3.63, 3.8) is 0 Å². The summed E-state index contributed by atoms with van der Waals surface area (Å²) in [7, 11) is 0. The van der Waals surface area contributed by atoms with Crippen LogP contribution in [0.3, 0.4) is 0 Å². The van der Waals surface area contributed by atoms with Crippen molar-refractivity contribution < 1.29 is 4.39 Å². The average Bonchev–Trinajstić information content (AvgIpc) is 3.04. The van der Waals surface area contributed by atoms with Crippen LogP contribution in [0.2, 0.25) is 0 Å². The van der Waals surface area contributed by atoms with Crippen LogP contribution in [0.25, 0.3) is 10.9 Å². The lowest BCUT2D eigenvalue weighted by atomic mass is 10.1. The smallest absolute Gasteiger partial charge is 0.100 e. The summed E-state index contributed by atoms with van der Waals surface area (Å²) >= 11 is 0. The Balaban J connectivity index is 1.82. The predicted octanol–water partition coefficient (Wildman–Crippen LogP) is 4.93. The number of aryl methyl sites for hydroxylation is 1. The summed E-state index contributed by atoms with van der Waals surface area (Å²) in [6.45, 7) is 10.5. The van der Waals surface area contributed by atoms with Crippen LogP contribution in [0.5, 0.6) is 0 Å². The molecule has 0 saturated carbocycles. The molecule has 2 aromatic rings. The fraction of sp³-hybridized carbons (Fsp3) is 0.391. The zero-order chi connectivity index (χ0) is 19.2. The number of hydrogen-bond acceptors (Lipinski definition) is 2. The molecule has 3 rings (SSSR count). The van der Waals surface area contributed by atoms with Crippen molar-refractivity contribution >= 4 is 10.9 Å². The number of nitrogens with zero attached hydrogens (tertiary/aromatic N) is 2. The van der Waals surface area contributed by atoms with E-state index >= 15 is 0 Å². The normalized spacial score (nSPS) is 14.0. The maximum Gasteiger partial charge on any atom is 0.100 e. The Morgan fingerprint density at radius 2 is 1.93 bits per heavy atom. The number of aromatic nitrogens is 1. The van der Waals surface area contributed by atoms with Crippen LogP contribution in [-0.4, -0.2) is 22.6 Å². The van der Waals surface area contributed by atoms with Gasteiger partial charge in [-0.25, -0.2) is 4.39 Å². The maximum atomic E-state index is 13.1. The van der Waals surface area contributed by atoms with E-state index in [1.807, 2.05) is 0 Å². The minimum absolute atomic E-state index is 0.0693. The minimum atomic E-state index is -0.0693. The standard InChI is InChI=1S/C23H28FN3/c1-4-26(5-2)17-18-7-12-23-19(15-18)16-22(27(23)6-3)13-14-25-21-10-8-20(24)9-11-21/h7-8,10,12,15-16,25H,4-6,9,11,17H2,1-3H3. The fourth-order valence-corrected chi connectivity index (χ4v) is 3.46. The number of halogens is 1. The van der Waals surface area contributed by atoms with Gasteiger partial charge in [-0.05, 0) is 68.3 Å². The number of fused-ring (bicyclic) bond motifs is 1. The molecule has 3 nitrogen and oxygen atoms in total. The lowest BCUT2D eigenvalue weighted by molar-refractivity contribution is 0.296. The van der Waals surface area contributed by atoms with Gasteiger partial charge in [0.2, 0.25) is 0 Å². The van der Waals surface area contributed by atoms with E-state index in [1.165, 1.54) is 22.5 Å². The molecule has 0 bridgehead atoms. The molecule has 1 N–H and O–H groups in total. The van der Waals surface area contributed by atoms with E-state index in [2.05, 4.69) is 71.8 Å². The molecular weight excluding hydrogens is 337 g/mol. The fourth-order valence-electron chi connectivity index (χ4n) is 3.46. The lowest BCUT2D eigenvalue weighted by Crippen LogP contribution is -2.21. The molecule has 1 aromatic carbocycles. The molecular formula is C23H28FN3. The van der Waals surface area contributed by atoms with Gasteiger partial charge in [0.25, 0.3) is 0 Å². The molecule has 27 heavy (non-hydrogen) atoms. The molecule has 1 heterocycles. The second-order valence-corrected chi connectivity index (χ2v) is 6.81. The van der Waals surface area contributed by atoms with E-state index < -0.39 is 0 Å². The van der Waals surface area contributed by atoms with Crippen LogP contribution in [0.1, 0.15) is 44.9 Å². The summed E-state index contributed by atoms with van der Waals surface area (Å²) in [5, 5.41) is 4.34. The van der Waals surface area contributed by atoms with Crippen LogP contribution in [0, 0.1) is 12.0 Å². The first-order valence-electron chi connectivity index (χ1n) is 9.81. The van der Waals surface area contributed by atoms with Gasteiger partial charge in [0.15, 0.2) is 0 Å². The van der Waals surface area contributed by atoms with E-state index in [1.54, 1.807) is 6.08 Å². The molecule has 0 spiro atoms. The van der Waals surface area contributed by atoms with Gasteiger partial charge in [0.05, 0.1) is 5.69 Å². The molecule has 0 aliphatic heterocycles. The van der Waals surface area contributed by atoms with Crippen molar-refractivity contribution in [1.29, 1.82) is 0 Å². The first-order valence-corrected chi connectivity index (χ1v) is 9.81. The quantitative estimate of drug-likeness (QED) is 0.578. The third kappa shape index (κ3) is 4.61. The third-order valence-corrected chi connectivity index (χ3v) is 5.09. The van der Waals surface area contributed by atoms with Crippen LogP contribution < -0.4 is 5.32 Å². The molecule has 1 aromatic heterocycles. The van der Waals surface area contributed by atoms with Crippen molar-refractivity contribution in [3.8, 4) is 12.0 Å². The Morgan fingerprint density at radius 3 is 2.59 bits per heavy atom. The molecule has 1 aliphatic rings. The highest BCUT2D eigenvalue weighted by atomic mass is 19.1. The highest BCUT2D eigenvalue weighted by Gasteiger charge is 2.09. The summed E-state index contributed by atoms with van der Waals surface area (Å²) in [4.78, 5) is 2.41. The van der Waals surface area contributed by atoms with Crippen molar-refractivity contribution in [3.05, 3.63) is 59.2 Å². The Morgan fingerprint density at radius 1 is 1.11 bits per heavy atom. The second-order valence-electron chi connectivity index (χ2n) is 6.81. The Labute approximate surface area is 161 Å². The molecule has 4 heteroatoms. The molecule has 0 unspecified atom stereocenters. The summed E-state index contributed by atoms with van der Waals surface area (Å²) in [6, 6.07) is 11.9. The van der Waals surface area contributed by atoms with Gasteiger partial charge in [0, 0.05) is 42.2 Å². The number of benzene rings is 1. The van der Waals surface area contributed by atoms with Crippen molar-refractivity contribution in [2.45, 2.75) is 46.7 Å². The molecule has 142 valence electrons. The van der Waals surface area contributed by atoms with Crippen LogP contribution in [-0.2, 0) is 13.1 Å². The van der Waals surface area contributed by atoms with Crippen molar-refractivity contribution in [2.75, 3.05) is 13.1 Å². The van der Waals surface area contributed by atoms with E-state index in [9.17, 15) is 4.39 Å². The topological polar surface area (TPSA) is 20.2 Å². The highest BCUT2D eigenvalue weighted by Crippen LogP contribution is 2.22. The number of rotatable bonds is 6. The van der Waals surface area contributed by atoms with Crippen LogP contribution in [0.4, 0.5) is 4.39 Å². The average molecular weight is 365 g/mol. The highest BCUT2D eigenvalue weighted by molar-refractivity contribution is 5.83. The van der Waals surface area contributed by atoms with Crippen molar-refractivity contribution in [1.82, 2.24) is 14.8 Å². The predicted molar refractivity (Wildman–Crippen MR) is 111 cm³/mol. The van der Waals surface area contributed by atoms with E-state index in [4.69, 9.17) is 0 Å². The zero-order valence-corrected chi connectivity index (χ0v) is 16.5. The number of allylic oxidation sites excluding steroid dienone is 4. The van der Waals surface area contributed by atoms with E-state index in [0.717, 1.165) is 37.6 Å². The van der Waals surface area contributed by atoms with Crippen molar-refractivity contribution in [2.24, 2.45) is 0 Å². The summed E-state index contributed by atoms with van der Waals surface area (Å²) in [5.74, 6) is 3.16. The Hall–Kier alpha value is -2.51. The zero-order valence-electron chi connectivity index (χ0n) is 16.5. The van der Waals surface area contributed by atoms with Crippen LogP contribution >= 0.6 is 0 Å². The molecule has 1 aliphatic carbocycles. The van der Waals surface area contributed by atoms with Gasteiger partial charge in [0.1, 0.15) is 5.83 Å². The minimum Gasteiger partial charge on any atom is -0.334 e. The Bertz CT molecular complexity index is 920. The first kappa shape index (κ1) is 19.3. The lowest BCUT2D eigenvalue weighted by Gasteiger charge is -2.18. The van der Waals surface area contributed by atoms with Gasteiger partial charge in [-0.3, -0.25) is 4.90 Å². The Kier molecular flexibility index (Phi) is 6.36. The molecule has 0 saturated heterocycles. The summed E-state index contributed by atoms with van der Waals surface area (Å²) in [5.41, 5.74) is 4.51. The van der Waals surface area contributed by atoms with Gasteiger partial charge in [-0.1, -0.05) is 19.9 Å². The van der Waals surface area contributed by atoms with Gasteiger partial charge in [-0.15, -0.1) is 0 Å². The largest absolute Gasteiger partial charge is 0.334 e. The van der Waals surface area contributed by atoms with Gasteiger partial charge in [-0.2, -0.15) is 0 Å². The monoisotopic (exact) mass is 365 g/mol. The van der Waals surface area contributed by atoms with E-state index in [0.29, 0.717) is 12.8 Å². The first-order chi connectivity index (χ1) is 13.1. The number of hydrogen-bond donors (Lipinski definition) is 1.